The Hall–Kier alpha value is -0.840. The van der Waals surface area contributed by atoms with Crippen molar-refractivity contribution in [2.75, 3.05) is 0 Å². The Kier molecular flexibility index (Phi) is 3.89. The third kappa shape index (κ3) is 2.65. The summed E-state index contributed by atoms with van der Waals surface area (Å²) in [6, 6.07) is 6.70. The van der Waals surface area contributed by atoms with Crippen molar-refractivity contribution in [3.05, 3.63) is 44.6 Å². The fourth-order valence-corrected chi connectivity index (χ4v) is 2.84. The van der Waals surface area contributed by atoms with Gasteiger partial charge in [0.25, 0.3) is 0 Å². The molecule has 0 atom stereocenters. The van der Waals surface area contributed by atoms with Crippen LogP contribution in [0.3, 0.4) is 0 Å². The molecule has 0 radical (unpaired) electrons. The van der Waals surface area contributed by atoms with E-state index in [-0.39, 0.29) is 0 Å². The number of rotatable bonds is 4. The van der Waals surface area contributed by atoms with Crippen molar-refractivity contribution in [1.82, 2.24) is 15.1 Å². The first kappa shape index (κ1) is 14.1. The van der Waals surface area contributed by atoms with E-state index in [1.165, 1.54) is 18.4 Å². The van der Waals surface area contributed by atoms with Crippen molar-refractivity contribution >= 4 is 27.5 Å². The standard InChI is InChI=1S/C15H17BrClN3/c1-9-14(16)10(2)20(19-9)15-11(4-3-5-13(15)17)8-18-12-6-7-12/h3-5,12,18H,6-8H2,1-2H3. The van der Waals surface area contributed by atoms with E-state index in [0.29, 0.717) is 6.04 Å². The number of hydrogen-bond acceptors (Lipinski definition) is 2. The molecule has 0 unspecified atom stereocenters. The van der Waals surface area contributed by atoms with Crippen molar-refractivity contribution in [3.8, 4) is 5.69 Å². The Balaban J connectivity index is 2.03. The third-order valence-corrected chi connectivity index (χ3v) is 5.10. The molecule has 1 fully saturated rings. The van der Waals surface area contributed by atoms with Crippen LogP contribution in [0.4, 0.5) is 0 Å². The molecule has 0 spiro atoms. The van der Waals surface area contributed by atoms with Gasteiger partial charge in [0.1, 0.15) is 0 Å². The van der Waals surface area contributed by atoms with Gasteiger partial charge >= 0.3 is 0 Å². The van der Waals surface area contributed by atoms with Gasteiger partial charge in [0.2, 0.25) is 0 Å². The highest BCUT2D eigenvalue weighted by Crippen LogP contribution is 2.30. The number of para-hydroxylation sites is 1. The molecular formula is C15H17BrClN3. The van der Waals surface area contributed by atoms with E-state index >= 15 is 0 Å². The van der Waals surface area contributed by atoms with E-state index < -0.39 is 0 Å². The number of hydrogen-bond donors (Lipinski definition) is 1. The summed E-state index contributed by atoms with van der Waals surface area (Å²) in [5.41, 5.74) is 4.21. The van der Waals surface area contributed by atoms with Crippen molar-refractivity contribution in [1.29, 1.82) is 0 Å². The first-order chi connectivity index (χ1) is 9.58. The van der Waals surface area contributed by atoms with Crippen LogP contribution in [-0.4, -0.2) is 15.8 Å². The summed E-state index contributed by atoms with van der Waals surface area (Å²) < 4.78 is 2.98. The molecule has 1 heterocycles. The van der Waals surface area contributed by atoms with Crippen molar-refractivity contribution in [3.63, 3.8) is 0 Å². The van der Waals surface area contributed by atoms with Crippen LogP contribution in [-0.2, 0) is 6.54 Å². The lowest BCUT2D eigenvalue weighted by Gasteiger charge is -2.13. The van der Waals surface area contributed by atoms with Gasteiger partial charge in [-0.1, -0.05) is 23.7 Å². The van der Waals surface area contributed by atoms with Crippen molar-refractivity contribution in [2.45, 2.75) is 39.3 Å². The second-order valence-corrected chi connectivity index (χ2v) is 6.50. The summed E-state index contributed by atoms with van der Waals surface area (Å²) in [4.78, 5) is 0. The van der Waals surface area contributed by atoms with E-state index in [2.05, 4.69) is 32.4 Å². The predicted octanol–water partition coefficient (Wildman–Crippen LogP) is 4.16. The highest BCUT2D eigenvalue weighted by atomic mass is 79.9. The maximum absolute atomic E-state index is 6.42. The first-order valence-corrected chi connectivity index (χ1v) is 7.98. The molecule has 1 aromatic carbocycles. The first-order valence-electron chi connectivity index (χ1n) is 6.81. The smallest absolute Gasteiger partial charge is 0.0880 e. The number of aromatic nitrogens is 2. The molecule has 1 aromatic heterocycles. The van der Waals surface area contributed by atoms with Gasteiger partial charge in [-0.15, -0.1) is 0 Å². The van der Waals surface area contributed by atoms with Gasteiger partial charge < -0.3 is 5.32 Å². The number of halogens is 2. The quantitative estimate of drug-likeness (QED) is 0.893. The Bertz CT molecular complexity index is 647. The zero-order valence-electron chi connectivity index (χ0n) is 11.6. The zero-order chi connectivity index (χ0) is 14.3. The average molecular weight is 355 g/mol. The zero-order valence-corrected chi connectivity index (χ0v) is 13.9. The molecule has 1 aliphatic carbocycles. The Morgan fingerprint density at radius 3 is 2.75 bits per heavy atom. The summed E-state index contributed by atoms with van der Waals surface area (Å²) in [5, 5.41) is 8.88. The molecule has 0 amide bonds. The lowest BCUT2D eigenvalue weighted by atomic mass is 10.1. The van der Waals surface area contributed by atoms with Gasteiger partial charge in [0.15, 0.2) is 0 Å². The van der Waals surface area contributed by atoms with Gasteiger partial charge in [-0.05, 0) is 54.2 Å². The number of nitrogens with zero attached hydrogens (tertiary/aromatic N) is 2. The monoisotopic (exact) mass is 353 g/mol. The van der Waals surface area contributed by atoms with Crippen LogP contribution in [0.15, 0.2) is 22.7 Å². The molecule has 3 rings (SSSR count). The molecule has 0 bridgehead atoms. The SMILES string of the molecule is Cc1nn(-c2c(Cl)cccc2CNC2CC2)c(C)c1Br. The van der Waals surface area contributed by atoms with Gasteiger partial charge in [0, 0.05) is 12.6 Å². The molecule has 2 aromatic rings. The second-order valence-electron chi connectivity index (χ2n) is 5.30. The lowest BCUT2D eigenvalue weighted by molar-refractivity contribution is 0.679. The maximum Gasteiger partial charge on any atom is 0.0880 e. The van der Waals surface area contributed by atoms with Crippen LogP contribution in [0.2, 0.25) is 5.02 Å². The number of aryl methyl sites for hydroxylation is 1. The second kappa shape index (κ2) is 5.51. The topological polar surface area (TPSA) is 29.9 Å². The molecule has 106 valence electrons. The van der Waals surface area contributed by atoms with E-state index in [1.807, 2.05) is 30.7 Å². The fraction of sp³-hybridized carbons (Fsp3) is 0.400. The molecule has 0 aliphatic heterocycles. The van der Waals surface area contributed by atoms with Gasteiger partial charge in [-0.25, -0.2) is 4.68 Å². The molecule has 1 N–H and O–H groups in total. The van der Waals surface area contributed by atoms with E-state index in [0.717, 1.165) is 33.1 Å². The minimum atomic E-state index is 0.675. The van der Waals surface area contributed by atoms with E-state index in [1.54, 1.807) is 0 Å². The van der Waals surface area contributed by atoms with Crippen LogP contribution >= 0.6 is 27.5 Å². The molecule has 1 aliphatic rings. The average Bonchev–Trinajstić information content (AvgIpc) is 3.21. The maximum atomic E-state index is 6.42. The Labute approximate surface area is 132 Å². The predicted molar refractivity (Wildman–Crippen MR) is 85.6 cm³/mol. The summed E-state index contributed by atoms with van der Waals surface area (Å²) in [7, 11) is 0. The molecule has 20 heavy (non-hydrogen) atoms. The third-order valence-electron chi connectivity index (χ3n) is 3.64. The molecule has 3 nitrogen and oxygen atoms in total. The van der Waals surface area contributed by atoms with Crippen LogP contribution in [0.1, 0.15) is 29.8 Å². The summed E-state index contributed by atoms with van der Waals surface area (Å²) in [6.07, 6.45) is 2.56. The molecular weight excluding hydrogens is 338 g/mol. The van der Waals surface area contributed by atoms with E-state index in [4.69, 9.17) is 11.6 Å². The summed E-state index contributed by atoms with van der Waals surface area (Å²) in [6.45, 7) is 4.87. The largest absolute Gasteiger partial charge is 0.310 e. The normalized spacial score (nSPS) is 14.8. The number of benzene rings is 1. The Morgan fingerprint density at radius 2 is 2.15 bits per heavy atom. The van der Waals surface area contributed by atoms with Crippen LogP contribution in [0.25, 0.3) is 5.69 Å². The minimum Gasteiger partial charge on any atom is -0.310 e. The fourth-order valence-electron chi connectivity index (χ4n) is 2.32. The van der Waals surface area contributed by atoms with Crippen LogP contribution < -0.4 is 5.32 Å². The van der Waals surface area contributed by atoms with Crippen molar-refractivity contribution in [2.24, 2.45) is 0 Å². The number of nitrogens with one attached hydrogen (secondary N) is 1. The molecule has 5 heteroatoms. The van der Waals surface area contributed by atoms with Gasteiger partial charge in [0.05, 0.1) is 26.6 Å². The minimum absolute atomic E-state index is 0.675. The Morgan fingerprint density at radius 1 is 1.40 bits per heavy atom. The highest BCUT2D eigenvalue weighted by Gasteiger charge is 2.22. The molecule has 0 saturated heterocycles. The highest BCUT2D eigenvalue weighted by molar-refractivity contribution is 9.10. The van der Waals surface area contributed by atoms with E-state index in [9.17, 15) is 0 Å². The summed E-state index contributed by atoms with van der Waals surface area (Å²) >= 11 is 10.0. The van der Waals surface area contributed by atoms with Crippen LogP contribution in [0, 0.1) is 13.8 Å². The lowest BCUT2D eigenvalue weighted by Crippen LogP contribution is -2.17. The van der Waals surface area contributed by atoms with Gasteiger partial charge in [-0.3, -0.25) is 0 Å². The van der Waals surface area contributed by atoms with Gasteiger partial charge in [-0.2, -0.15) is 5.10 Å². The van der Waals surface area contributed by atoms with Crippen LogP contribution in [0.5, 0.6) is 0 Å². The summed E-state index contributed by atoms with van der Waals surface area (Å²) in [5.74, 6) is 0. The molecule has 1 saturated carbocycles. The van der Waals surface area contributed by atoms with Crippen molar-refractivity contribution < 1.29 is 0 Å².